The van der Waals surface area contributed by atoms with Gasteiger partial charge in [0.1, 0.15) is 18.4 Å². The SMILES string of the molecule is CCn1c(CC2CC2)nc2c(NC3CCN(C4(C=O)CC4)C3)ncnc21. The number of likely N-dealkylation sites (tertiary alicyclic amines) is 1. The number of carbonyl (C=O) groups excluding carboxylic acids is 1. The van der Waals surface area contributed by atoms with Crippen LogP contribution in [0.4, 0.5) is 5.82 Å². The van der Waals surface area contributed by atoms with Gasteiger partial charge in [-0.25, -0.2) is 15.0 Å². The van der Waals surface area contributed by atoms with Crippen LogP contribution in [-0.4, -0.2) is 55.4 Å². The topological polar surface area (TPSA) is 75.9 Å². The highest BCUT2D eigenvalue weighted by atomic mass is 16.1. The fourth-order valence-electron chi connectivity index (χ4n) is 4.27. The lowest BCUT2D eigenvalue weighted by Crippen LogP contribution is -2.38. The van der Waals surface area contributed by atoms with E-state index >= 15 is 0 Å². The van der Waals surface area contributed by atoms with Crippen LogP contribution in [0.5, 0.6) is 0 Å². The van der Waals surface area contributed by atoms with E-state index in [1.807, 2.05) is 0 Å². The van der Waals surface area contributed by atoms with E-state index in [-0.39, 0.29) is 5.54 Å². The van der Waals surface area contributed by atoms with Crippen molar-refractivity contribution in [3.05, 3.63) is 12.2 Å². The van der Waals surface area contributed by atoms with Crippen molar-refractivity contribution in [2.45, 2.75) is 63.6 Å². The second kappa shape index (κ2) is 6.01. The summed E-state index contributed by atoms with van der Waals surface area (Å²) in [5.74, 6) is 2.77. The fraction of sp³-hybridized carbons (Fsp3) is 0.684. The predicted molar refractivity (Wildman–Crippen MR) is 99.1 cm³/mol. The molecule has 3 fully saturated rings. The first-order valence-corrected chi connectivity index (χ1v) is 9.90. The van der Waals surface area contributed by atoms with Gasteiger partial charge in [0.25, 0.3) is 0 Å². The molecule has 2 aromatic heterocycles. The molecule has 0 spiro atoms. The van der Waals surface area contributed by atoms with Gasteiger partial charge in [0.15, 0.2) is 17.0 Å². The van der Waals surface area contributed by atoms with Crippen LogP contribution < -0.4 is 5.32 Å². The second-order valence-electron chi connectivity index (χ2n) is 8.11. The predicted octanol–water partition coefficient (Wildman–Crippen LogP) is 2.02. The molecule has 1 N–H and O–H groups in total. The van der Waals surface area contributed by atoms with Gasteiger partial charge in [-0.3, -0.25) is 4.90 Å². The van der Waals surface area contributed by atoms with Crippen molar-refractivity contribution >= 4 is 23.3 Å². The molecule has 26 heavy (non-hydrogen) atoms. The Morgan fingerprint density at radius 1 is 1.31 bits per heavy atom. The van der Waals surface area contributed by atoms with E-state index < -0.39 is 0 Å². The summed E-state index contributed by atoms with van der Waals surface area (Å²) in [5.41, 5.74) is 1.65. The van der Waals surface area contributed by atoms with Gasteiger partial charge in [-0.05, 0) is 44.9 Å². The minimum absolute atomic E-state index is 0.168. The quantitative estimate of drug-likeness (QED) is 0.767. The zero-order valence-corrected chi connectivity index (χ0v) is 15.3. The number of aryl methyl sites for hydroxylation is 1. The van der Waals surface area contributed by atoms with Gasteiger partial charge >= 0.3 is 0 Å². The molecule has 0 bridgehead atoms. The average molecular weight is 354 g/mol. The number of carbonyl (C=O) groups is 1. The minimum atomic E-state index is -0.168. The van der Waals surface area contributed by atoms with Crippen LogP contribution in [-0.2, 0) is 17.8 Å². The summed E-state index contributed by atoms with van der Waals surface area (Å²) >= 11 is 0. The van der Waals surface area contributed by atoms with Crippen LogP contribution in [0.3, 0.4) is 0 Å². The highest BCUT2D eigenvalue weighted by molar-refractivity contribution is 5.83. The number of hydrogen-bond acceptors (Lipinski definition) is 6. The third-order valence-corrected chi connectivity index (χ3v) is 6.24. The first-order valence-electron chi connectivity index (χ1n) is 9.90. The van der Waals surface area contributed by atoms with E-state index in [1.165, 1.54) is 12.8 Å². The normalized spacial score (nSPS) is 24.9. The zero-order valence-electron chi connectivity index (χ0n) is 15.3. The molecule has 0 radical (unpaired) electrons. The molecule has 1 aliphatic heterocycles. The van der Waals surface area contributed by atoms with E-state index in [0.29, 0.717) is 6.04 Å². The van der Waals surface area contributed by atoms with Gasteiger partial charge in [-0.1, -0.05) is 0 Å². The molecule has 1 atom stereocenters. The number of aromatic nitrogens is 4. The Kier molecular flexibility index (Phi) is 3.74. The second-order valence-corrected chi connectivity index (χ2v) is 8.11. The van der Waals surface area contributed by atoms with Gasteiger partial charge in [-0.2, -0.15) is 0 Å². The molecule has 2 aromatic rings. The van der Waals surface area contributed by atoms with Crippen LogP contribution in [0.25, 0.3) is 11.2 Å². The molecule has 0 amide bonds. The van der Waals surface area contributed by atoms with Gasteiger partial charge < -0.3 is 14.7 Å². The molecule has 1 saturated heterocycles. The molecule has 2 saturated carbocycles. The van der Waals surface area contributed by atoms with Crippen molar-refractivity contribution in [3.63, 3.8) is 0 Å². The Bertz CT molecular complexity index is 838. The van der Waals surface area contributed by atoms with Crippen molar-refractivity contribution in [2.24, 2.45) is 5.92 Å². The lowest BCUT2D eigenvalue weighted by Gasteiger charge is -2.22. The van der Waals surface area contributed by atoms with Gasteiger partial charge in [0, 0.05) is 32.1 Å². The van der Waals surface area contributed by atoms with Crippen molar-refractivity contribution in [1.82, 2.24) is 24.4 Å². The smallest absolute Gasteiger partial charge is 0.165 e. The van der Waals surface area contributed by atoms with Crippen molar-refractivity contribution < 1.29 is 4.79 Å². The summed E-state index contributed by atoms with van der Waals surface area (Å²) in [5, 5.41) is 3.59. The van der Waals surface area contributed by atoms with E-state index in [1.54, 1.807) is 6.33 Å². The van der Waals surface area contributed by atoms with Crippen molar-refractivity contribution in [3.8, 4) is 0 Å². The van der Waals surface area contributed by atoms with E-state index in [9.17, 15) is 4.79 Å². The van der Waals surface area contributed by atoms with Crippen molar-refractivity contribution in [2.75, 3.05) is 18.4 Å². The molecule has 138 valence electrons. The lowest BCUT2D eigenvalue weighted by molar-refractivity contribution is -0.113. The molecule has 1 unspecified atom stereocenters. The molecule has 3 aliphatic rings. The standard InChI is InChI=1S/C19H26N6O/c1-2-25-15(9-13-3-4-13)23-16-17(20-12-21-18(16)25)22-14-5-8-24(10-14)19(11-26)6-7-19/h11-14H,2-10H2,1H3,(H,20,21,22). The summed E-state index contributed by atoms with van der Waals surface area (Å²) in [7, 11) is 0. The molecule has 5 rings (SSSR count). The average Bonchev–Trinajstić information content (AvgIpc) is 3.55. The summed E-state index contributed by atoms with van der Waals surface area (Å²) in [4.78, 5) is 27.6. The molecule has 7 nitrogen and oxygen atoms in total. The number of anilines is 1. The van der Waals surface area contributed by atoms with Crippen LogP contribution in [0.15, 0.2) is 6.33 Å². The van der Waals surface area contributed by atoms with Gasteiger partial charge in [-0.15, -0.1) is 0 Å². The molecular weight excluding hydrogens is 328 g/mol. The summed E-state index contributed by atoms with van der Waals surface area (Å²) < 4.78 is 2.23. The lowest BCUT2D eigenvalue weighted by atomic mass is 10.2. The van der Waals surface area contributed by atoms with Gasteiger partial charge in [0.2, 0.25) is 0 Å². The first-order chi connectivity index (χ1) is 12.7. The third kappa shape index (κ3) is 2.69. The molecule has 2 aliphatic carbocycles. The molecule has 3 heterocycles. The Hall–Kier alpha value is -2.02. The highest BCUT2D eigenvalue weighted by Gasteiger charge is 2.50. The number of aldehydes is 1. The first kappa shape index (κ1) is 16.2. The van der Waals surface area contributed by atoms with Gasteiger partial charge in [0.05, 0.1) is 5.54 Å². The minimum Gasteiger partial charge on any atom is -0.364 e. The van der Waals surface area contributed by atoms with Crippen LogP contribution >= 0.6 is 0 Å². The van der Waals surface area contributed by atoms with Crippen LogP contribution in [0, 0.1) is 5.92 Å². The highest BCUT2D eigenvalue weighted by Crippen LogP contribution is 2.42. The maximum Gasteiger partial charge on any atom is 0.165 e. The Morgan fingerprint density at radius 3 is 2.85 bits per heavy atom. The Balaban J connectivity index is 1.39. The largest absolute Gasteiger partial charge is 0.364 e. The number of rotatable bonds is 7. The van der Waals surface area contributed by atoms with E-state index in [0.717, 1.165) is 80.3 Å². The fourth-order valence-corrected chi connectivity index (χ4v) is 4.27. The number of nitrogens with one attached hydrogen (secondary N) is 1. The van der Waals surface area contributed by atoms with E-state index in [2.05, 4.69) is 31.7 Å². The maximum absolute atomic E-state index is 11.4. The summed E-state index contributed by atoms with van der Waals surface area (Å²) in [6.07, 6.45) is 9.51. The Labute approximate surface area is 153 Å². The van der Waals surface area contributed by atoms with E-state index in [4.69, 9.17) is 4.98 Å². The number of imidazole rings is 1. The monoisotopic (exact) mass is 354 g/mol. The molecule has 0 aromatic carbocycles. The van der Waals surface area contributed by atoms with Crippen LogP contribution in [0.1, 0.15) is 44.9 Å². The van der Waals surface area contributed by atoms with Crippen LogP contribution in [0.2, 0.25) is 0 Å². The summed E-state index contributed by atoms with van der Waals surface area (Å²) in [6, 6.07) is 0.309. The number of fused-ring (bicyclic) bond motifs is 1. The number of hydrogen-bond donors (Lipinski definition) is 1. The maximum atomic E-state index is 11.4. The number of nitrogens with zero attached hydrogens (tertiary/aromatic N) is 5. The Morgan fingerprint density at radius 2 is 2.15 bits per heavy atom. The summed E-state index contributed by atoms with van der Waals surface area (Å²) in [6.45, 7) is 4.90. The zero-order chi connectivity index (χ0) is 17.7. The van der Waals surface area contributed by atoms with Crippen molar-refractivity contribution in [1.29, 1.82) is 0 Å². The molecule has 7 heteroatoms. The molecular formula is C19H26N6O. The third-order valence-electron chi connectivity index (χ3n) is 6.24.